The van der Waals surface area contributed by atoms with Crippen molar-refractivity contribution < 1.29 is 0 Å². The van der Waals surface area contributed by atoms with Gasteiger partial charge in [0, 0.05) is 47.0 Å². The molecule has 1 saturated heterocycles. The molecule has 2 aromatic carbocycles. The maximum atomic E-state index is 5.98. The lowest BCUT2D eigenvalue weighted by atomic mass is 10.1. The van der Waals surface area contributed by atoms with E-state index in [2.05, 4.69) is 53.5 Å². The molecule has 4 heteroatoms. The van der Waals surface area contributed by atoms with Gasteiger partial charge in [0.1, 0.15) is 0 Å². The quantitative estimate of drug-likeness (QED) is 0.890. The first-order valence-electron chi connectivity index (χ1n) is 7.71. The lowest BCUT2D eigenvalue weighted by molar-refractivity contribution is 0.184. The minimum atomic E-state index is 0.443. The van der Waals surface area contributed by atoms with Gasteiger partial charge in [-0.25, -0.2) is 0 Å². The summed E-state index contributed by atoms with van der Waals surface area (Å²) in [7, 11) is 0. The Labute approximate surface area is 141 Å². The van der Waals surface area contributed by atoms with E-state index in [4.69, 9.17) is 11.6 Å². The van der Waals surface area contributed by atoms with E-state index in [1.165, 1.54) is 15.4 Å². The van der Waals surface area contributed by atoms with Gasteiger partial charge in [0.25, 0.3) is 0 Å². The zero-order chi connectivity index (χ0) is 15.4. The van der Waals surface area contributed by atoms with Crippen LogP contribution in [0.2, 0.25) is 5.02 Å². The third-order valence-electron chi connectivity index (χ3n) is 4.11. The number of nitrogens with zero attached hydrogens (tertiary/aromatic N) is 1. The summed E-state index contributed by atoms with van der Waals surface area (Å²) in [5, 5.41) is 4.21. The first-order valence-corrected chi connectivity index (χ1v) is 8.90. The zero-order valence-electron chi connectivity index (χ0n) is 12.8. The molecule has 0 unspecified atom stereocenters. The van der Waals surface area contributed by atoms with Crippen LogP contribution in [0.4, 0.5) is 0 Å². The van der Waals surface area contributed by atoms with Crippen LogP contribution in [-0.2, 0) is 0 Å². The SMILES string of the molecule is C[C@@H](c1ccccc1Sc1ccc(Cl)cc1)N1CCNCC1. The Morgan fingerprint density at radius 1 is 1.05 bits per heavy atom. The first-order chi connectivity index (χ1) is 10.7. The largest absolute Gasteiger partial charge is 0.314 e. The molecule has 0 radical (unpaired) electrons. The Hall–Kier alpha value is -1.00. The minimum Gasteiger partial charge on any atom is -0.314 e. The second-order valence-electron chi connectivity index (χ2n) is 5.56. The van der Waals surface area contributed by atoms with Crippen molar-refractivity contribution in [2.24, 2.45) is 0 Å². The molecule has 116 valence electrons. The monoisotopic (exact) mass is 332 g/mol. The fourth-order valence-corrected chi connectivity index (χ4v) is 3.97. The Morgan fingerprint density at radius 2 is 1.73 bits per heavy atom. The molecule has 1 fully saturated rings. The number of piperazine rings is 1. The van der Waals surface area contributed by atoms with Crippen LogP contribution in [0.1, 0.15) is 18.5 Å². The fourth-order valence-electron chi connectivity index (χ4n) is 2.81. The summed E-state index contributed by atoms with van der Waals surface area (Å²) in [6, 6.07) is 17.2. The summed E-state index contributed by atoms with van der Waals surface area (Å²) in [5.41, 5.74) is 1.41. The molecule has 0 aromatic heterocycles. The average Bonchev–Trinajstić information content (AvgIpc) is 2.58. The van der Waals surface area contributed by atoms with Gasteiger partial charge >= 0.3 is 0 Å². The van der Waals surface area contributed by atoms with Crippen molar-refractivity contribution in [3.63, 3.8) is 0 Å². The van der Waals surface area contributed by atoms with Crippen LogP contribution in [0, 0.1) is 0 Å². The van der Waals surface area contributed by atoms with Gasteiger partial charge in [0.05, 0.1) is 0 Å². The average molecular weight is 333 g/mol. The van der Waals surface area contributed by atoms with Crippen LogP contribution in [-0.4, -0.2) is 31.1 Å². The van der Waals surface area contributed by atoms with Crippen molar-refractivity contribution in [2.45, 2.75) is 22.8 Å². The summed E-state index contributed by atoms with van der Waals surface area (Å²) >= 11 is 7.79. The highest BCUT2D eigenvalue weighted by Crippen LogP contribution is 2.35. The molecule has 0 spiro atoms. The molecular formula is C18H21ClN2S. The highest BCUT2D eigenvalue weighted by atomic mass is 35.5. The maximum absolute atomic E-state index is 5.98. The number of halogens is 1. The van der Waals surface area contributed by atoms with E-state index >= 15 is 0 Å². The number of hydrogen-bond donors (Lipinski definition) is 1. The lowest BCUT2D eigenvalue weighted by Gasteiger charge is -2.33. The summed E-state index contributed by atoms with van der Waals surface area (Å²) in [6.45, 7) is 6.70. The Bertz CT molecular complexity index is 609. The third kappa shape index (κ3) is 3.85. The van der Waals surface area contributed by atoms with Crippen molar-refractivity contribution in [1.82, 2.24) is 10.2 Å². The highest BCUT2D eigenvalue weighted by Gasteiger charge is 2.20. The molecular weight excluding hydrogens is 312 g/mol. The van der Waals surface area contributed by atoms with Crippen molar-refractivity contribution >= 4 is 23.4 Å². The molecule has 0 amide bonds. The molecule has 2 aromatic rings. The van der Waals surface area contributed by atoms with Crippen LogP contribution in [0.15, 0.2) is 58.3 Å². The van der Waals surface area contributed by atoms with Gasteiger partial charge < -0.3 is 5.32 Å². The van der Waals surface area contributed by atoms with Crippen LogP contribution >= 0.6 is 23.4 Å². The molecule has 1 aliphatic rings. The Balaban J connectivity index is 1.81. The smallest absolute Gasteiger partial charge is 0.0406 e. The van der Waals surface area contributed by atoms with E-state index in [0.29, 0.717) is 6.04 Å². The highest BCUT2D eigenvalue weighted by molar-refractivity contribution is 7.99. The summed E-state index contributed by atoms with van der Waals surface area (Å²) in [4.78, 5) is 5.11. The number of rotatable bonds is 4. The summed E-state index contributed by atoms with van der Waals surface area (Å²) < 4.78 is 0. The van der Waals surface area contributed by atoms with Crippen molar-refractivity contribution in [1.29, 1.82) is 0 Å². The van der Waals surface area contributed by atoms with Gasteiger partial charge in [-0.05, 0) is 42.8 Å². The first kappa shape index (κ1) is 15.9. The number of nitrogens with one attached hydrogen (secondary N) is 1. The number of benzene rings is 2. The molecule has 0 bridgehead atoms. The third-order valence-corrected chi connectivity index (χ3v) is 5.46. The van der Waals surface area contributed by atoms with Gasteiger partial charge in [0.15, 0.2) is 0 Å². The van der Waals surface area contributed by atoms with Crippen LogP contribution in [0.5, 0.6) is 0 Å². The van der Waals surface area contributed by atoms with E-state index < -0.39 is 0 Å². The molecule has 1 heterocycles. The van der Waals surface area contributed by atoms with E-state index in [-0.39, 0.29) is 0 Å². The topological polar surface area (TPSA) is 15.3 Å². The molecule has 2 nitrogen and oxygen atoms in total. The van der Waals surface area contributed by atoms with Crippen LogP contribution < -0.4 is 5.32 Å². The van der Waals surface area contributed by atoms with Crippen LogP contribution in [0.3, 0.4) is 0 Å². The second kappa shape index (κ2) is 7.51. The molecule has 0 aliphatic carbocycles. The van der Waals surface area contributed by atoms with Gasteiger partial charge in [-0.2, -0.15) is 0 Å². The van der Waals surface area contributed by atoms with Crippen molar-refractivity contribution in [3.05, 3.63) is 59.1 Å². The molecule has 1 atom stereocenters. The standard InChI is InChI=1S/C18H21ClN2S/c1-14(21-12-10-20-11-13-21)17-4-2-3-5-18(17)22-16-8-6-15(19)7-9-16/h2-9,14,20H,10-13H2,1H3/t14-/m0/s1. The van der Waals surface area contributed by atoms with E-state index in [0.717, 1.165) is 31.2 Å². The number of hydrogen-bond acceptors (Lipinski definition) is 3. The minimum absolute atomic E-state index is 0.443. The predicted molar refractivity (Wildman–Crippen MR) is 94.9 cm³/mol. The summed E-state index contributed by atoms with van der Waals surface area (Å²) in [6.07, 6.45) is 0. The second-order valence-corrected chi connectivity index (χ2v) is 7.11. The summed E-state index contributed by atoms with van der Waals surface area (Å²) in [5.74, 6) is 0. The Morgan fingerprint density at radius 3 is 2.45 bits per heavy atom. The maximum Gasteiger partial charge on any atom is 0.0406 e. The van der Waals surface area contributed by atoms with E-state index in [9.17, 15) is 0 Å². The zero-order valence-corrected chi connectivity index (χ0v) is 14.3. The predicted octanol–water partition coefficient (Wildman–Crippen LogP) is 4.46. The van der Waals surface area contributed by atoms with Crippen molar-refractivity contribution in [2.75, 3.05) is 26.2 Å². The molecule has 1 N–H and O–H groups in total. The Kier molecular flexibility index (Phi) is 5.42. The molecule has 22 heavy (non-hydrogen) atoms. The van der Waals surface area contributed by atoms with Gasteiger partial charge in [-0.1, -0.05) is 41.6 Å². The van der Waals surface area contributed by atoms with Gasteiger partial charge in [-0.3, -0.25) is 4.90 Å². The van der Waals surface area contributed by atoms with Gasteiger partial charge in [-0.15, -0.1) is 0 Å². The van der Waals surface area contributed by atoms with Crippen molar-refractivity contribution in [3.8, 4) is 0 Å². The molecule has 1 aliphatic heterocycles. The van der Waals surface area contributed by atoms with E-state index in [1.54, 1.807) is 0 Å². The molecule has 3 rings (SSSR count). The van der Waals surface area contributed by atoms with Gasteiger partial charge in [0.2, 0.25) is 0 Å². The fraction of sp³-hybridized carbons (Fsp3) is 0.333. The lowest BCUT2D eigenvalue weighted by Crippen LogP contribution is -2.44. The normalized spacial score (nSPS) is 17.4. The van der Waals surface area contributed by atoms with E-state index in [1.807, 2.05) is 23.9 Å². The van der Waals surface area contributed by atoms with Crippen LogP contribution in [0.25, 0.3) is 0 Å². The molecule has 0 saturated carbocycles.